The molecular formula is C17H18F2N4O3. The second-order valence-electron chi connectivity index (χ2n) is 6.16. The van der Waals surface area contributed by atoms with Crippen molar-refractivity contribution in [2.75, 3.05) is 20.2 Å². The molecule has 0 amide bonds. The van der Waals surface area contributed by atoms with Gasteiger partial charge in [0.1, 0.15) is 11.6 Å². The minimum atomic E-state index is -0.697. The minimum Gasteiger partial charge on any atom is -0.464 e. The third kappa shape index (κ3) is 3.93. The summed E-state index contributed by atoms with van der Waals surface area (Å²) in [4.78, 5) is 25.9. The Kier molecular flexibility index (Phi) is 5.36. The van der Waals surface area contributed by atoms with Gasteiger partial charge in [0.2, 0.25) is 0 Å². The molecule has 1 saturated heterocycles. The van der Waals surface area contributed by atoms with Crippen molar-refractivity contribution in [2.24, 2.45) is 5.92 Å². The van der Waals surface area contributed by atoms with Gasteiger partial charge in [-0.1, -0.05) is 5.21 Å². The second kappa shape index (κ2) is 7.69. The predicted octanol–water partition coefficient (Wildman–Crippen LogP) is 1.90. The van der Waals surface area contributed by atoms with Crippen molar-refractivity contribution in [2.45, 2.75) is 19.5 Å². The van der Waals surface area contributed by atoms with Gasteiger partial charge in [0.15, 0.2) is 11.5 Å². The molecule has 0 atom stereocenters. The third-order valence-corrected chi connectivity index (χ3v) is 4.43. The van der Waals surface area contributed by atoms with Crippen molar-refractivity contribution in [3.63, 3.8) is 0 Å². The van der Waals surface area contributed by atoms with Gasteiger partial charge >= 0.3 is 5.97 Å². The predicted molar refractivity (Wildman–Crippen MR) is 86.3 cm³/mol. The molecule has 1 fully saturated rings. The van der Waals surface area contributed by atoms with Crippen LogP contribution < -0.4 is 0 Å². The van der Waals surface area contributed by atoms with E-state index in [-0.39, 0.29) is 23.0 Å². The van der Waals surface area contributed by atoms with E-state index in [2.05, 4.69) is 15.0 Å². The number of hydrogen-bond acceptors (Lipinski definition) is 6. The maximum absolute atomic E-state index is 13.8. The smallest absolute Gasteiger partial charge is 0.360 e. The van der Waals surface area contributed by atoms with Crippen LogP contribution in [0.15, 0.2) is 24.4 Å². The summed E-state index contributed by atoms with van der Waals surface area (Å²) < 4.78 is 33.2. The molecular weight excluding hydrogens is 346 g/mol. The molecule has 1 aliphatic rings. The van der Waals surface area contributed by atoms with Gasteiger partial charge in [0.05, 0.1) is 25.5 Å². The number of esters is 1. The number of methoxy groups -OCH3 is 1. The topological polar surface area (TPSA) is 77.3 Å². The van der Waals surface area contributed by atoms with Crippen molar-refractivity contribution in [3.05, 3.63) is 47.3 Å². The number of Topliss-reactive ketones (excluding diaryl/α,β-unsaturated/α-hetero) is 1. The molecule has 3 rings (SSSR count). The number of piperidine rings is 1. The van der Waals surface area contributed by atoms with Crippen LogP contribution >= 0.6 is 0 Å². The van der Waals surface area contributed by atoms with Gasteiger partial charge < -0.3 is 4.74 Å². The Hall–Kier alpha value is -2.68. The first kappa shape index (κ1) is 18.1. The van der Waals surface area contributed by atoms with E-state index in [1.807, 2.05) is 4.90 Å². The van der Waals surface area contributed by atoms with Crippen LogP contribution in [-0.4, -0.2) is 51.8 Å². The Labute approximate surface area is 148 Å². The zero-order chi connectivity index (χ0) is 18.7. The molecule has 0 radical (unpaired) electrons. The number of carbonyl (C=O) groups excluding carboxylic acids is 2. The van der Waals surface area contributed by atoms with E-state index in [4.69, 9.17) is 0 Å². The molecule has 0 aliphatic carbocycles. The van der Waals surface area contributed by atoms with Crippen molar-refractivity contribution in [1.29, 1.82) is 0 Å². The standard InChI is InChI=1S/C17H18F2N4O3/c1-26-17(25)15-9-23(21-20-15)10-22-6-4-11(5-7-22)16(24)13-8-12(18)2-3-14(13)19/h2-3,8-9,11H,4-7,10H2,1H3. The van der Waals surface area contributed by atoms with E-state index >= 15 is 0 Å². The molecule has 0 saturated carbocycles. The largest absolute Gasteiger partial charge is 0.464 e. The molecule has 0 bridgehead atoms. The fourth-order valence-electron chi connectivity index (χ4n) is 3.01. The number of hydrogen-bond donors (Lipinski definition) is 0. The van der Waals surface area contributed by atoms with Crippen molar-refractivity contribution >= 4 is 11.8 Å². The number of ether oxygens (including phenoxy) is 1. The van der Waals surface area contributed by atoms with E-state index in [0.29, 0.717) is 32.6 Å². The first-order valence-corrected chi connectivity index (χ1v) is 8.18. The third-order valence-electron chi connectivity index (χ3n) is 4.43. The highest BCUT2D eigenvalue weighted by Gasteiger charge is 2.28. The van der Waals surface area contributed by atoms with Crippen LogP contribution in [0, 0.1) is 17.6 Å². The van der Waals surface area contributed by atoms with Gasteiger partial charge in [-0.3, -0.25) is 9.69 Å². The average Bonchev–Trinajstić information content (AvgIpc) is 3.11. The first-order valence-electron chi connectivity index (χ1n) is 8.18. The van der Waals surface area contributed by atoms with Crippen LogP contribution in [0.1, 0.15) is 33.7 Å². The Balaban J connectivity index is 1.57. The quantitative estimate of drug-likeness (QED) is 0.596. The highest BCUT2D eigenvalue weighted by atomic mass is 19.1. The molecule has 0 spiro atoms. The lowest BCUT2D eigenvalue weighted by Gasteiger charge is -2.30. The summed E-state index contributed by atoms with van der Waals surface area (Å²) in [5.74, 6) is -2.59. The lowest BCUT2D eigenvalue weighted by atomic mass is 9.89. The Morgan fingerprint density at radius 2 is 2.00 bits per heavy atom. The molecule has 7 nitrogen and oxygen atoms in total. The van der Waals surface area contributed by atoms with E-state index in [9.17, 15) is 18.4 Å². The Bertz CT molecular complexity index is 816. The lowest BCUT2D eigenvalue weighted by Crippen LogP contribution is -2.37. The molecule has 138 valence electrons. The number of halogens is 2. The van der Waals surface area contributed by atoms with Crippen molar-refractivity contribution in [3.8, 4) is 0 Å². The summed E-state index contributed by atoms with van der Waals surface area (Å²) in [6.45, 7) is 1.61. The molecule has 0 N–H and O–H groups in total. The minimum absolute atomic E-state index is 0.124. The maximum atomic E-state index is 13.8. The molecule has 1 aromatic carbocycles. The van der Waals surface area contributed by atoms with Gasteiger partial charge in [-0.05, 0) is 31.0 Å². The molecule has 0 unspecified atom stereocenters. The molecule has 1 aliphatic heterocycles. The SMILES string of the molecule is COC(=O)c1cn(CN2CCC(C(=O)c3cc(F)ccc3F)CC2)nn1. The highest BCUT2D eigenvalue weighted by molar-refractivity contribution is 5.98. The monoisotopic (exact) mass is 364 g/mol. The fourth-order valence-corrected chi connectivity index (χ4v) is 3.01. The number of carbonyl (C=O) groups is 2. The lowest BCUT2D eigenvalue weighted by molar-refractivity contribution is 0.0593. The number of benzene rings is 1. The van der Waals surface area contributed by atoms with E-state index in [0.717, 1.165) is 18.2 Å². The molecule has 2 aromatic rings. The van der Waals surface area contributed by atoms with Crippen LogP contribution in [0.3, 0.4) is 0 Å². The van der Waals surface area contributed by atoms with Crippen LogP contribution in [0.4, 0.5) is 8.78 Å². The summed E-state index contributed by atoms with van der Waals surface area (Å²) >= 11 is 0. The zero-order valence-corrected chi connectivity index (χ0v) is 14.2. The van der Waals surface area contributed by atoms with Gasteiger partial charge in [-0.2, -0.15) is 0 Å². The number of nitrogens with zero attached hydrogens (tertiary/aromatic N) is 4. The van der Waals surface area contributed by atoms with E-state index < -0.39 is 17.6 Å². The Morgan fingerprint density at radius 3 is 2.69 bits per heavy atom. The van der Waals surface area contributed by atoms with Gasteiger partial charge in [-0.25, -0.2) is 18.3 Å². The second-order valence-corrected chi connectivity index (χ2v) is 6.16. The number of aromatic nitrogens is 3. The summed E-state index contributed by atoms with van der Waals surface area (Å²) in [7, 11) is 1.27. The molecule has 26 heavy (non-hydrogen) atoms. The summed E-state index contributed by atoms with van der Waals surface area (Å²) in [6, 6.07) is 2.92. The van der Waals surface area contributed by atoms with Gasteiger partial charge in [-0.15, -0.1) is 5.10 Å². The van der Waals surface area contributed by atoms with Crippen molar-refractivity contribution < 1.29 is 23.1 Å². The Morgan fingerprint density at radius 1 is 1.27 bits per heavy atom. The number of likely N-dealkylation sites (tertiary alicyclic amines) is 1. The van der Waals surface area contributed by atoms with E-state index in [1.165, 1.54) is 18.0 Å². The van der Waals surface area contributed by atoms with Gasteiger partial charge in [0, 0.05) is 19.0 Å². The summed E-state index contributed by atoms with van der Waals surface area (Å²) in [6.07, 6.45) is 2.56. The molecule has 2 heterocycles. The van der Waals surface area contributed by atoms with Crippen molar-refractivity contribution in [1.82, 2.24) is 19.9 Å². The van der Waals surface area contributed by atoms with Crippen LogP contribution in [-0.2, 0) is 11.4 Å². The molecule has 9 heteroatoms. The van der Waals surface area contributed by atoms with Crippen LogP contribution in [0.25, 0.3) is 0 Å². The highest BCUT2D eigenvalue weighted by Crippen LogP contribution is 2.24. The maximum Gasteiger partial charge on any atom is 0.360 e. The number of ketones is 1. The zero-order valence-electron chi connectivity index (χ0n) is 14.2. The van der Waals surface area contributed by atoms with Crippen LogP contribution in [0.5, 0.6) is 0 Å². The summed E-state index contributed by atoms with van der Waals surface area (Å²) in [5.41, 5.74) is -0.0680. The first-order chi connectivity index (χ1) is 12.5. The van der Waals surface area contributed by atoms with E-state index in [1.54, 1.807) is 0 Å². The average molecular weight is 364 g/mol. The summed E-state index contributed by atoms with van der Waals surface area (Å²) in [5, 5.41) is 7.60. The normalized spacial score (nSPS) is 15.8. The van der Waals surface area contributed by atoms with Crippen LogP contribution in [0.2, 0.25) is 0 Å². The van der Waals surface area contributed by atoms with Gasteiger partial charge in [0.25, 0.3) is 0 Å². The fraction of sp³-hybridized carbons (Fsp3) is 0.412. The number of rotatable bonds is 5. The molecule has 1 aromatic heterocycles.